The fourth-order valence-corrected chi connectivity index (χ4v) is 2.36. The number of carbonyl (C=O) groups excluding carboxylic acids is 1. The maximum absolute atomic E-state index is 12.3. The number of amides is 1. The summed E-state index contributed by atoms with van der Waals surface area (Å²) in [5, 5.41) is 3.15. The Morgan fingerprint density at radius 1 is 1.41 bits per heavy atom. The van der Waals surface area contributed by atoms with Gasteiger partial charge in [0.05, 0.1) is 12.5 Å². The highest BCUT2D eigenvalue weighted by molar-refractivity contribution is 5.80. The van der Waals surface area contributed by atoms with E-state index in [2.05, 4.69) is 5.32 Å². The molecule has 17 heavy (non-hydrogen) atoms. The number of rotatable bonds is 5. The van der Waals surface area contributed by atoms with Crippen molar-refractivity contribution in [1.82, 2.24) is 10.2 Å². The van der Waals surface area contributed by atoms with Gasteiger partial charge in [0.2, 0.25) is 5.91 Å². The van der Waals surface area contributed by atoms with Crippen molar-refractivity contribution in [2.24, 2.45) is 5.92 Å². The van der Waals surface area contributed by atoms with Crippen molar-refractivity contribution in [2.45, 2.75) is 18.9 Å². The Kier molecular flexibility index (Phi) is 4.76. The van der Waals surface area contributed by atoms with Gasteiger partial charge in [0.25, 0.3) is 0 Å². The van der Waals surface area contributed by atoms with Crippen molar-refractivity contribution >= 4 is 5.91 Å². The number of ether oxygens (including phenoxy) is 2. The Bertz CT molecular complexity index is 250. The molecule has 0 bridgehead atoms. The van der Waals surface area contributed by atoms with E-state index >= 15 is 0 Å². The summed E-state index contributed by atoms with van der Waals surface area (Å²) in [5.41, 5.74) is 0. The number of nitrogens with zero attached hydrogens (tertiary/aromatic N) is 1. The van der Waals surface area contributed by atoms with Gasteiger partial charge in [0, 0.05) is 46.0 Å². The molecular formula is C12H22N2O3. The molecule has 2 saturated heterocycles. The quantitative estimate of drug-likeness (QED) is 0.729. The third kappa shape index (κ3) is 3.18. The van der Waals surface area contributed by atoms with E-state index in [1.54, 1.807) is 7.11 Å². The number of nitrogens with one attached hydrogen (secondary N) is 1. The largest absolute Gasteiger partial charge is 0.383 e. The van der Waals surface area contributed by atoms with E-state index in [4.69, 9.17) is 9.47 Å². The van der Waals surface area contributed by atoms with Gasteiger partial charge in [-0.15, -0.1) is 0 Å². The van der Waals surface area contributed by atoms with Crippen LogP contribution in [0.5, 0.6) is 0 Å². The zero-order valence-electron chi connectivity index (χ0n) is 10.5. The van der Waals surface area contributed by atoms with Crippen molar-refractivity contribution in [2.75, 3.05) is 46.6 Å². The summed E-state index contributed by atoms with van der Waals surface area (Å²) in [6.45, 7) is 4.51. The molecule has 2 rings (SSSR count). The molecule has 0 radical (unpaired) electrons. The van der Waals surface area contributed by atoms with E-state index in [0.717, 1.165) is 39.1 Å². The average molecular weight is 242 g/mol. The van der Waals surface area contributed by atoms with Crippen LogP contribution >= 0.6 is 0 Å². The molecule has 0 aliphatic carbocycles. The van der Waals surface area contributed by atoms with Gasteiger partial charge in [-0.1, -0.05) is 0 Å². The van der Waals surface area contributed by atoms with Crippen LogP contribution in [0, 0.1) is 5.92 Å². The standard InChI is InChI=1S/C12H22N2O3/c1-16-7-4-14(11-2-5-17-6-3-11)12(15)10-8-13-9-10/h10-11,13H,2-9H2,1H3. The fourth-order valence-electron chi connectivity index (χ4n) is 2.36. The Balaban J connectivity index is 1.92. The highest BCUT2D eigenvalue weighted by Gasteiger charge is 2.33. The van der Waals surface area contributed by atoms with Crippen LogP contribution < -0.4 is 5.32 Å². The van der Waals surface area contributed by atoms with Gasteiger partial charge in [-0.3, -0.25) is 4.79 Å². The van der Waals surface area contributed by atoms with Gasteiger partial charge in [0.1, 0.15) is 0 Å². The molecule has 98 valence electrons. The zero-order chi connectivity index (χ0) is 12.1. The minimum absolute atomic E-state index is 0.176. The second kappa shape index (κ2) is 6.33. The first kappa shape index (κ1) is 12.8. The van der Waals surface area contributed by atoms with Crippen LogP contribution in [0.2, 0.25) is 0 Å². The predicted molar refractivity (Wildman–Crippen MR) is 63.8 cm³/mol. The van der Waals surface area contributed by atoms with Crippen LogP contribution in [-0.2, 0) is 14.3 Å². The third-order valence-corrected chi connectivity index (χ3v) is 3.58. The van der Waals surface area contributed by atoms with E-state index < -0.39 is 0 Å². The SMILES string of the molecule is COCCN(C(=O)C1CNC1)C1CCOCC1. The van der Waals surface area contributed by atoms with Crippen molar-refractivity contribution in [1.29, 1.82) is 0 Å². The van der Waals surface area contributed by atoms with Gasteiger partial charge in [-0.05, 0) is 12.8 Å². The number of hydrogen-bond acceptors (Lipinski definition) is 4. The van der Waals surface area contributed by atoms with Crippen LogP contribution in [0.3, 0.4) is 0 Å². The van der Waals surface area contributed by atoms with E-state index in [0.29, 0.717) is 19.2 Å². The van der Waals surface area contributed by atoms with Crippen LogP contribution in [0.4, 0.5) is 0 Å². The highest BCUT2D eigenvalue weighted by atomic mass is 16.5. The van der Waals surface area contributed by atoms with Crippen molar-refractivity contribution in [3.63, 3.8) is 0 Å². The minimum atomic E-state index is 0.176. The molecule has 2 aliphatic heterocycles. The van der Waals surface area contributed by atoms with Crippen LogP contribution in [0.1, 0.15) is 12.8 Å². The maximum Gasteiger partial charge on any atom is 0.228 e. The highest BCUT2D eigenvalue weighted by Crippen LogP contribution is 2.18. The van der Waals surface area contributed by atoms with E-state index in [-0.39, 0.29) is 11.8 Å². The second-order valence-corrected chi connectivity index (χ2v) is 4.72. The molecule has 1 N–H and O–H groups in total. The van der Waals surface area contributed by atoms with Gasteiger partial charge >= 0.3 is 0 Å². The summed E-state index contributed by atoms with van der Waals surface area (Å²) in [4.78, 5) is 14.3. The molecule has 2 fully saturated rings. The maximum atomic E-state index is 12.3. The molecule has 5 nitrogen and oxygen atoms in total. The Hall–Kier alpha value is -0.650. The number of methoxy groups -OCH3 is 1. The van der Waals surface area contributed by atoms with Crippen LogP contribution in [-0.4, -0.2) is 63.4 Å². The Morgan fingerprint density at radius 3 is 2.65 bits per heavy atom. The lowest BCUT2D eigenvalue weighted by molar-refractivity contribution is -0.142. The molecule has 5 heteroatoms. The molecule has 0 aromatic rings. The fraction of sp³-hybridized carbons (Fsp3) is 0.917. The Morgan fingerprint density at radius 2 is 2.12 bits per heavy atom. The molecule has 0 saturated carbocycles. The lowest BCUT2D eigenvalue weighted by Crippen LogP contribution is -2.55. The summed E-state index contributed by atoms with van der Waals surface area (Å²) in [7, 11) is 1.68. The smallest absolute Gasteiger partial charge is 0.228 e. The third-order valence-electron chi connectivity index (χ3n) is 3.58. The number of hydrogen-bond donors (Lipinski definition) is 1. The van der Waals surface area contributed by atoms with Gasteiger partial charge < -0.3 is 19.7 Å². The van der Waals surface area contributed by atoms with Crippen LogP contribution in [0.15, 0.2) is 0 Å². The van der Waals surface area contributed by atoms with E-state index in [1.807, 2.05) is 4.90 Å². The van der Waals surface area contributed by atoms with E-state index in [1.165, 1.54) is 0 Å². The Labute approximate surface area is 102 Å². The molecule has 2 aliphatic rings. The molecule has 0 unspecified atom stereocenters. The molecule has 0 aromatic heterocycles. The summed E-state index contributed by atoms with van der Waals surface area (Å²) in [6.07, 6.45) is 1.91. The first-order chi connectivity index (χ1) is 8.33. The topological polar surface area (TPSA) is 50.8 Å². The molecular weight excluding hydrogens is 220 g/mol. The molecule has 1 amide bonds. The van der Waals surface area contributed by atoms with Gasteiger partial charge in [-0.2, -0.15) is 0 Å². The summed E-state index contributed by atoms with van der Waals surface area (Å²) in [6, 6.07) is 0.340. The van der Waals surface area contributed by atoms with Crippen LogP contribution in [0.25, 0.3) is 0 Å². The molecule has 2 heterocycles. The average Bonchev–Trinajstić information content (AvgIpc) is 2.29. The molecule has 0 atom stereocenters. The number of carbonyl (C=O) groups is 1. The summed E-state index contributed by atoms with van der Waals surface area (Å²) in [5.74, 6) is 0.461. The lowest BCUT2D eigenvalue weighted by Gasteiger charge is -2.38. The van der Waals surface area contributed by atoms with E-state index in [9.17, 15) is 4.79 Å². The summed E-state index contributed by atoms with van der Waals surface area (Å²) < 4.78 is 10.5. The zero-order valence-corrected chi connectivity index (χ0v) is 10.5. The monoisotopic (exact) mass is 242 g/mol. The normalized spacial score (nSPS) is 22.2. The van der Waals surface area contributed by atoms with Crippen molar-refractivity contribution in [3.05, 3.63) is 0 Å². The molecule has 0 aromatic carbocycles. The molecule has 0 spiro atoms. The van der Waals surface area contributed by atoms with Gasteiger partial charge in [-0.25, -0.2) is 0 Å². The van der Waals surface area contributed by atoms with Gasteiger partial charge in [0.15, 0.2) is 0 Å². The van der Waals surface area contributed by atoms with Crippen molar-refractivity contribution < 1.29 is 14.3 Å². The lowest BCUT2D eigenvalue weighted by atomic mass is 9.98. The predicted octanol–water partition coefficient (Wildman–Crippen LogP) is -0.140. The first-order valence-electron chi connectivity index (χ1n) is 6.41. The van der Waals surface area contributed by atoms with Crippen molar-refractivity contribution in [3.8, 4) is 0 Å². The second-order valence-electron chi connectivity index (χ2n) is 4.72. The first-order valence-corrected chi connectivity index (χ1v) is 6.41. The minimum Gasteiger partial charge on any atom is -0.383 e. The summed E-state index contributed by atoms with van der Waals surface area (Å²) >= 11 is 0.